The molecule has 94 valence electrons. The lowest BCUT2D eigenvalue weighted by Gasteiger charge is -2.14. The highest BCUT2D eigenvalue weighted by Crippen LogP contribution is 2.07. The summed E-state index contributed by atoms with van der Waals surface area (Å²) in [5.41, 5.74) is 8.33. The average molecular weight is 271 g/mol. The minimum atomic E-state index is -0.342. The van der Waals surface area contributed by atoms with Gasteiger partial charge in [0.1, 0.15) is 0 Å². The third-order valence-electron chi connectivity index (χ3n) is 2.40. The summed E-state index contributed by atoms with van der Waals surface area (Å²) in [6.07, 6.45) is 2.34. The number of nitrogens with zero attached hydrogens (tertiary/aromatic N) is 1. The minimum absolute atomic E-state index is 0.0745. The van der Waals surface area contributed by atoms with E-state index in [9.17, 15) is 4.79 Å². The molecule has 6 heteroatoms. The van der Waals surface area contributed by atoms with Crippen molar-refractivity contribution >= 4 is 34.5 Å². The van der Waals surface area contributed by atoms with Crippen molar-refractivity contribution in [3.05, 3.63) is 16.6 Å². The number of rotatable bonds is 7. The SMILES string of the molecule is CCCC(C(=O)NCCc1cscn1)C(N)=S. The topological polar surface area (TPSA) is 68.0 Å². The van der Waals surface area contributed by atoms with Crippen LogP contribution in [0.5, 0.6) is 0 Å². The van der Waals surface area contributed by atoms with E-state index in [1.807, 2.05) is 12.3 Å². The Labute approximate surface area is 111 Å². The third kappa shape index (κ3) is 4.79. The number of hydrogen-bond donors (Lipinski definition) is 2. The number of nitrogens with one attached hydrogen (secondary N) is 1. The van der Waals surface area contributed by atoms with Gasteiger partial charge in [-0.2, -0.15) is 0 Å². The van der Waals surface area contributed by atoms with Crippen LogP contribution in [0.1, 0.15) is 25.5 Å². The van der Waals surface area contributed by atoms with Gasteiger partial charge in [0.25, 0.3) is 0 Å². The van der Waals surface area contributed by atoms with Crippen molar-refractivity contribution in [2.45, 2.75) is 26.2 Å². The van der Waals surface area contributed by atoms with E-state index in [-0.39, 0.29) is 16.8 Å². The summed E-state index contributed by atoms with van der Waals surface area (Å²) >= 11 is 6.45. The molecule has 0 saturated carbocycles. The van der Waals surface area contributed by atoms with Gasteiger partial charge >= 0.3 is 0 Å². The number of nitrogens with two attached hydrogens (primary N) is 1. The maximum atomic E-state index is 11.8. The molecule has 1 aromatic rings. The Bertz CT molecular complexity index is 365. The van der Waals surface area contributed by atoms with E-state index in [1.54, 1.807) is 16.8 Å². The first-order chi connectivity index (χ1) is 8.15. The van der Waals surface area contributed by atoms with Gasteiger partial charge in [-0.3, -0.25) is 4.79 Å². The van der Waals surface area contributed by atoms with Crippen LogP contribution in [0, 0.1) is 5.92 Å². The fraction of sp³-hybridized carbons (Fsp3) is 0.545. The number of carbonyl (C=O) groups excluding carboxylic acids is 1. The Morgan fingerprint density at radius 1 is 1.71 bits per heavy atom. The summed E-state index contributed by atoms with van der Waals surface area (Å²) in [5.74, 6) is -0.417. The van der Waals surface area contributed by atoms with Crippen LogP contribution in [-0.4, -0.2) is 22.4 Å². The van der Waals surface area contributed by atoms with Crippen molar-refractivity contribution < 1.29 is 4.79 Å². The molecule has 0 spiro atoms. The van der Waals surface area contributed by atoms with Crippen LogP contribution in [0.15, 0.2) is 10.9 Å². The lowest BCUT2D eigenvalue weighted by molar-refractivity contribution is -0.123. The lowest BCUT2D eigenvalue weighted by atomic mass is 10.0. The summed E-state index contributed by atoms with van der Waals surface area (Å²) in [4.78, 5) is 16.2. The Morgan fingerprint density at radius 2 is 2.47 bits per heavy atom. The van der Waals surface area contributed by atoms with Gasteiger partial charge in [0.15, 0.2) is 0 Å². The predicted octanol–water partition coefficient (Wildman–Crippen LogP) is 1.50. The second-order valence-electron chi connectivity index (χ2n) is 3.76. The standard InChI is InChI=1S/C11H17N3OS2/c1-2-3-9(10(12)16)11(15)13-5-4-8-6-17-7-14-8/h6-7,9H,2-5H2,1H3,(H2,12,16)(H,13,15). The van der Waals surface area contributed by atoms with Crippen LogP contribution in [0.3, 0.4) is 0 Å². The van der Waals surface area contributed by atoms with Crippen molar-refractivity contribution in [2.24, 2.45) is 11.7 Å². The first kappa shape index (κ1) is 14.1. The van der Waals surface area contributed by atoms with Crippen LogP contribution in [0.25, 0.3) is 0 Å². The third-order valence-corrected chi connectivity index (χ3v) is 3.32. The molecule has 0 aliphatic carbocycles. The molecule has 0 saturated heterocycles. The predicted molar refractivity (Wildman–Crippen MR) is 74.0 cm³/mol. The molecular weight excluding hydrogens is 254 g/mol. The highest BCUT2D eigenvalue weighted by atomic mass is 32.1. The Kier molecular flexibility index (Phi) is 6.07. The van der Waals surface area contributed by atoms with Gasteiger partial charge in [-0.25, -0.2) is 4.98 Å². The summed E-state index contributed by atoms with van der Waals surface area (Å²) in [6.45, 7) is 2.58. The van der Waals surface area contributed by atoms with Crippen molar-refractivity contribution in [3.8, 4) is 0 Å². The van der Waals surface area contributed by atoms with Gasteiger partial charge in [-0.1, -0.05) is 25.6 Å². The smallest absolute Gasteiger partial charge is 0.229 e. The molecule has 1 heterocycles. The molecule has 0 aliphatic rings. The first-order valence-electron chi connectivity index (χ1n) is 5.59. The Hall–Kier alpha value is -1.01. The van der Waals surface area contributed by atoms with Crippen LogP contribution in [-0.2, 0) is 11.2 Å². The van der Waals surface area contributed by atoms with Crippen molar-refractivity contribution in [2.75, 3.05) is 6.54 Å². The molecule has 1 unspecified atom stereocenters. The zero-order chi connectivity index (χ0) is 12.7. The maximum absolute atomic E-state index is 11.8. The number of thiazole rings is 1. The van der Waals surface area contributed by atoms with Gasteiger partial charge < -0.3 is 11.1 Å². The van der Waals surface area contributed by atoms with Gasteiger partial charge in [-0.05, 0) is 6.42 Å². The zero-order valence-corrected chi connectivity index (χ0v) is 11.4. The van der Waals surface area contributed by atoms with Crippen molar-refractivity contribution in [3.63, 3.8) is 0 Å². The zero-order valence-electron chi connectivity index (χ0n) is 9.81. The molecule has 1 atom stereocenters. The fourth-order valence-electron chi connectivity index (χ4n) is 1.49. The van der Waals surface area contributed by atoms with E-state index >= 15 is 0 Å². The maximum Gasteiger partial charge on any atom is 0.229 e. The molecule has 1 amide bonds. The highest BCUT2D eigenvalue weighted by Gasteiger charge is 2.19. The van der Waals surface area contributed by atoms with E-state index in [0.29, 0.717) is 13.0 Å². The number of aromatic nitrogens is 1. The van der Waals surface area contributed by atoms with E-state index in [4.69, 9.17) is 18.0 Å². The normalized spacial score (nSPS) is 12.1. The van der Waals surface area contributed by atoms with Crippen molar-refractivity contribution in [1.82, 2.24) is 10.3 Å². The fourth-order valence-corrected chi connectivity index (χ4v) is 2.31. The summed E-state index contributed by atoms with van der Waals surface area (Å²) < 4.78 is 0. The monoisotopic (exact) mass is 271 g/mol. The molecular formula is C11H17N3OS2. The molecule has 3 N–H and O–H groups in total. The number of thiocarbonyl (C=S) groups is 1. The molecule has 1 aromatic heterocycles. The number of amides is 1. The number of hydrogen-bond acceptors (Lipinski definition) is 4. The highest BCUT2D eigenvalue weighted by molar-refractivity contribution is 7.80. The summed E-state index contributed by atoms with van der Waals surface area (Å²) in [5, 5.41) is 4.82. The molecule has 0 fully saturated rings. The van der Waals surface area contributed by atoms with E-state index < -0.39 is 0 Å². The van der Waals surface area contributed by atoms with Gasteiger partial charge in [0, 0.05) is 18.3 Å². The van der Waals surface area contributed by atoms with Crippen LogP contribution >= 0.6 is 23.6 Å². The molecule has 0 bridgehead atoms. The molecule has 0 radical (unpaired) electrons. The van der Waals surface area contributed by atoms with E-state index in [1.165, 1.54) is 0 Å². The van der Waals surface area contributed by atoms with Crippen LogP contribution in [0.2, 0.25) is 0 Å². The van der Waals surface area contributed by atoms with E-state index in [0.717, 1.165) is 18.5 Å². The molecule has 17 heavy (non-hydrogen) atoms. The van der Waals surface area contributed by atoms with Crippen LogP contribution in [0.4, 0.5) is 0 Å². The quantitative estimate of drug-likeness (QED) is 0.738. The minimum Gasteiger partial charge on any atom is -0.393 e. The lowest BCUT2D eigenvalue weighted by Crippen LogP contribution is -2.38. The number of carbonyl (C=O) groups is 1. The van der Waals surface area contributed by atoms with Crippen LogP contribution < -0.4 is 11.1 Å². The second kappa shape index (κ2) is 7.34. The van der Waals surface area contributed by atoms with Gasteiger partial charge in [0.2, 0.25) is 5.91 Å². The largest absolute Gasteiger partial charge is 0.393 e. The first-order valence-corrected chi connectivity index (χ1v) is 6.94. The summed E-state index contributed by atoms with van der Waals surface area (Å²) in [7, 11) is 0. The molecule has 0 aromatic carbocycles. The molecule has 4 nitrogen and oxygen atoms in total. The van der Waals surface area contributed by atoms with E-state index in [2.05, 4.69) is 10.3 Å². The van der Waals surface area contributed by atoms with Gasteiger partial charge in [0.05, 0.1) is 22.1 Å². The average Bonchev–Trinajstić information content (AvgIpc) is 2.78. The van der Waals surface area contributed by atoms with Gasteiger partial charge in [-0.15, -0.1) is 11.3 Å². The Balaban J connectivity index is 2.34. The molecule has 1 rings (SSSR count). The second-order valence-corrected chi connectivity index (χ2v) is 4.95. The molecule has 0 aliphatic heterocycles. The Morgan fingerprint density at radius 3 is 3.00 bits per heavy atom. The van der Waals surface area contributed by atoms with Crippen molar-refractivity contribution in [1.29, 1.82) is 0 Å². The summed E-state index contributed by atoms with van der Waals surface area (Å²) in [6, 6.07) is 0.